The van der Waals surface area contributed by atoms with Gasteiger partial charge in [0, 0.05) is 42.7 Å². The van der Waals surface area contributed by atoms with E-state index in [4.69, 9.17) is 5.14 Å². The third-order valence-electron chi connectivity index (χ3n) is 5.16. The maximum absolute atomic E-state index is 12.0. The Morgan fingerprint density at radius 2 is 2.00 bits per heavy atom. The summed E-state index contributed by atoms with van der Waals surface area (Å²) >= 11 is 2.04. The van der Waals surface area contributed by atoms with Gasteiger partial charge in [-0.3, -0.25) is 15.4 Å². The topological polar surface area (TPSA) is 113 Å². The monoisotopic (exact) mass is 412 g/mol. The molecule has 1 aromatic rings. The zero-order valence-electron chi connectivity index (χ0n) is 15.3. The molecule has 2 aliphatic heterocycles. The van der Waals surface area contributed by atoms with Gasteiger partial charge < -0.3 is 5.32 Å². The number of amides is 1. The molecule has 1 amide bonds. The minimum Gasteiger partial charge on any atom is -0.356 e. The molecule has 27 heavy (non-hydrogen) atoms. The van der Waals surface area contributed by atoms with E-state index in [2.05, 4.69) is 16.0 Å². The lowest BCUT2D eigenvalue weighted by molar-refractivity contribution is -0.121. The number of rotatable bonds is 9. The smallest absolute Gasteiger partial charge is 0.238 e. The molecule has 2 aliphatic rings. The highest BCUT2D eigenvalue weighted by Gasteiger charge is 2.38. The Bertz CT molecular complexity index is 739. The molecule has 9 heteroatoms. The molecule has 5 N–H and O–H groups in total. The molecule has 0 bridgehead atoms. The molecule has 0 spiro atoms. The fourth-order valence-corrected chi connectivity index (χ4v) is 5.76. The van der Waals surface area contributed by atoms with Crippen LogP contribution in [0.5, 0.6) is 0 Å². The van der Waals surface area contributed by atoms with Crippen molar-refractivity contribution in [3.05, 3.63) is 29.8 Å². The second-order valence-corrected chi connectivity index (χ2v) is 9.96. The molecule has 2 fully saturated rings. The van der Waals surface area contributed by atoms with Gasteiger partial charge in [-0.2, -0.15) is 11.8 Å². The minimum absolute atomic E-state index is 0.0776. The van der Waals surface area contributed by atoms with E-state index in [0.29, 0.717) is 36.7 Å². The van der Waals surface area contributed by atoms with Crippen LogP contribution in [-0.4, -0.2) is 50.6 Å². The van der Waals surface area contributed by atoms with Gasteiger partial charge in [0.1, 0.15) is 0 Å². The van der Waals surface area contributed by atoms with Crippen molar-refractivity contribution in [2.45, 2.75) is 54.3 Å². The summed E-state index contributed by atoms with van der Waals surface area (Å²) in [6, 6.07) is 7.64. The molecule has 2 heterocycles. The molecular weight excluding hydrogens is 384 g/mol. The second kappa shape index (κ2) is 9.38. The van der Waals surface area contributed by atoms with E-state index in [0.717, 1.165) is 31.5 Å². The highest BCUT2D eigenvalue weighted by molar-refractivity contribution is 8.00. The number of sulfonamides is 1. The van der Waals surface area contributed by atoms with Crippen molar-refractivity contribution < 1.29 is 13.2 Å². The van der Waals surface area contributed by atoms with Crippen LogP contribution < -0.4 is 21.1 Å². The Kier molecular flexibility index (Phi) is 7.16. The number of hydrogen-bond donors (Lipinski definition) is 4. The van der Waals surface area contributed by atoms with E-state index < -0.39 is 10.0 Å². The highest BCUT2D eigenvalue weighted by Crippen LogP contribution is 2.32. The summed E-state index contributed by atoms with van der Waals surface area (Å²) in [6.07, 6.45) is 4.37. The van der Waals surface area contributed by atoms with Gasteiger partial charge in [-0.25, -0.2) is 13.6 Å². The minimum atomic E-state index is -3.66. The molecule has 3 atom stereocenters. The summed E-state index contributed by atoms with van der Waals surface area (Å²) < 4.78 is 22.4. The predicted octanol–water partition coefficient (Wildman–Crippen LogP) is 0.556. The molecule has 0 aliphatic carbocycles. The number of nitrogens with one attached hydrogen (secondary N) is 3. The lowest BCUT2D eigenvalue weighted by Crippen LogP contribution is -2.36. The first-order valence-corrected chi connectivity index (χ1v) is 12.0. The lowest BCUT2D eigenvalue weighted by Gasteiger charge is -2.17. The van der Waals surface area contributed by atoms with Gasteiger partial charge in [0.15, 0.2) is 0 Å². The number of carbonyl (C=O) groups excluding carboxylic acids is 1. The van der Waals surface area contributed by atoms with Crippen molar-refractivity contribution in [3.63, 3.8) is 0 Å². The highest BCUT2D eigenvalue weighted by atomic mass is 32.2. The fourth-order valence-electron chi connectivity index (χ4n) is 3.64. The number of nitrogens with two attached hydrogens (primary N) is 1. The Hall–Kier alpha value is -1.13. The van der Waals surface area contributed by atoms with E-state index in [1.807, 2.05) is 11.8 Å². The van der Waals surface area contributed by atoms with Crippen molar-refractivity contribution >= 4 is 27.7 Å². The van der Waals surface area contributed by atoms with Crippen molar-refractivity contribution in [2.75, 3.05) is 19.0 Å². The van der Waals surface area contributed by atoms with Crippen LogP contribution in [0.1, 0.15) is 31.2 Å². The van der Waals surface area contributed by atoms with E-state index >= 15 is 0 Å². The Morgan fingerprint density at radius 1 is 1.22 bits per heavy atom. The van der Waals surface area contributed by atoms with Gasteiger partial charge in [0.25, 0.3) is 0 Å². The number of carbonyl (C=O) groups is 1. The van der Waals surface area contributed by atoms with Crippen LogP contribution in [-0.2, 0) is 21.2 Å². The van der Waals surface area contributed by atoms with Crippen LogP contribution in [0.3, 0.4) is 0 Å². The Balaban J connectivity index is 1.27. The molecule has 3 rings (SSSR count). The molecule has 150 valence electrons. The van der Waals surface area contributed by atoms with Gasteiger partial charge in [-0.15, -0.1) is 0 Å². The fraction of sp³-hybridized carbons (Fsp3) is 0.611. The number of fused-ring (bicyclic) bond motifs is 1. The lowest BCUT2D eigenvalue weighted by atomic mass is 10.0. The SMILES string of the molecule is NS(=O)(=O)c1ccc(CCNC(=O)CCCC[C@@H]2SC[C@@H]3NCN[C@@H]32)cc1. The molecule has 0 saturated carbocycles. The summed E-state index contributed by atoms with van der Waals surface area (Å²) in [5.74, 6) is 1.26. The third kappa shape index (κ3) is 5.92. The largest absolute Gasteiger partial charge is 0.356 e. The summed E-state index contributed by atoms with van der Waals surface area (Å²) in [5, 5.41) is 15.7. The average Bonchev–Trinajstić information content (AvgIpc) is 3.23. The molecule has 0 radical (unpaired) electrons. The van der Waals surface area contributed by atoms with Gasteiger partial charge in [-0.1, -0.05) is 18.6 Å². The summed E-state index contributed by atoms with van der Waals surface area (Å²) in [6.45, 7) is 1.46. The summed E-state index contributed by atoms with van der Waals surface area (Å²) in [4.78, 5) is 12.1. The number of primary sulfonamides is 1. The molecule has 1 aromatic carbocycles. The normalized spacial score (nSPS) is 24.7. The summed E-state index contributed by atoms with van der Waals surface area (Å²) in [7, 11) is -3.66. The first-order chi connectivity index (χ1) is 12.9. The number of benzene rings is 1. The summed E-state index contributed by atoms with van der Waals surface area (Å²) in [5.41, 5.74) is 0.966. The number of thioether (sulfide) groups is 1. The quantitative estimate of drug-likeness (QED) is 0.441. The van der Waals surface area contributed by atoms with Crippen LogP contribution in [0.15, 0.2) is 29.2 Å². The van der Waals surface area contributed by atoms with Crippen LogP contribution >= 0.6 is 11.8 Å². The second-order valence-electron chi connectivity index (χ2n) is 7.12. The van der Waals surface area contributed by atoms with Crippen molar-refractivity contribution in [1.29, 1.82) is 0 Å². The molecule has 2 saturated heterocycles. The molecular formula is C18H28N4O3S2. The Labute approximate surface area is 165 Å². The van der Waals surface area contributed by atoms with Crippen molar-refractivity contribution in [1.82, 2.24) is 16.0 Å². The van der Waals surface area contributed by atoms with Crippen LogP contribution in [0.4, 0.5) is 0 Å². The van der Waals surface area contributed by atoms with Crippen molar-refractivity contribution in [3.8, 4) is 0 Å². The van der Waals surface area contributed by atoms with E-state index in [1.54, 1.807) is 12.1 Å². The zero-order chi connectivity index (χ0) is 19.3. The maximum Gasteiger partial charge on any atom is 0.238 e. The zero-order valence-corrected chi connectivity index (χ0v) is 16.9. The average molecular weight is 413 g/mol. The van der Waals surface area contributed by atoms with E-state index in [1.165, 1.54) is 17.9 Å². The third-order valence-corrected chi connectivity index (χ3v) is 7.59. The Morgan fingerprint density at radius 3 is 2.74 bits per heavy atom. The molecule has 7 nitrogen and oxygen atoms in total. The van der Waals surface area contributed by atoms with Crippen LogP contribution in [0, 0.1) is 0 Å². The first kappa shape index (κ1) is 20.6. The van der Waals surface area contributed by atoms with Crippen LogP contribution in [0.2, 0.25) is 0 Å². The molecule has 0 unspecified atom stereocenters. The number of hydrogen-bond acceptors (Lipinski definition) is 6. The van der Waals surface area contributed by atoms with Crippen molar-refractivity contribution in [2.24, 2.45) is 5.14 Å². The maximum atomic E-state index is 12.0. The van der Waals surface area contributed by atoms with Gasteiger partial charge in [0.05, 0.1) is 4.90 Å². The van der Waals surface area contributed by atoms with E-state index in [-0.39, 0.29) is 10.8 Å². The number of unbranched alkanes of at least 4 members (excludes halogenated alkanes) is 1. The van der Waals surface area contributed by atoms with Gasteiger partial charge >= 0.3 is 0 Å². The van der Waals surface area contributed by atoms with Gasteiger partial charge in [0.2, 0.25) is 15.9 Å². The van der Waals surface area contributed by atoms with Crippen LogP contribution in [0.25, 0.3) is 0 Å². The predicted molar refractivity (Wildman–Crippen MR) is 108 cm³/mol. The van der Waals surface area contributed by atoms with E-state index in [9.17, 15) is 13.2 Å². The van der Waals surface area contributed by atoms with Gasteiger partial charge in [-0.05, 0) is 37.0 Å². The standard InChI is InChI=1S/C18H28N4O3S2/c19-27(24,25)14-7-5-13(6-8-14)9-10-20-17(23)4-2-1-3-16-18-15(11-26-16)21-12-22-18/h5-8,15-16,18,21-22H,1-4,9-12H2,(H,20,23)(H2,19,24,25)/t15-,16-,18-/m0/s1. The first-order valence-electron chi connectivity index (χ1n) is 9.40. The molecule has 0 aromatic heterocycles.